The monoisotopic (exact) mass is 431 g/mol. The van der Waals surface area contributed by atoms with E-state index in [1.54, 1.807) is 4.90 Å². The first kappa shape index (κ1) is 20.9. The highest BCUT2D eigenvalue weighted by molar-refractivity contribution is 6.00. The van der Waals surface area contributed by atoms with E-state index in [-0.39, 0.29) is 18.2 Å². The maximum Gasteiger partial charge on any atom is 0.573 e. The molecule has 1 aromatic heterocycles. The molecule has 0 unspecified atom stereocenters. The lowest BCUT2D eigenvalue weighted by Gasteiger charge is -2.16. The van der Waals surface area contributed by atoms with Gasteiger partial charge in [-0.3, -0.25) is 4.79 Å². The van der Waals surface area contributed by atoms with Crippen molar-refractivity contribution in [2.24, 2.45) is 0 Å². The van der Waals surface area contributed by atoms with Gasteiger partial charge in [0.05, 0.1) is 0 Å². The number of aromatic nitrogens is 2. The molecule has 0 saturated heterocycles. The summed E-state index contributed by atoms with van der Waals surface area (Å²) in [5.74, 6) is 0.647. The SMILES string of the molecule is CCCc1noc(-c2cc(C)c3c(c2)CN(Cc2ccc(OC(F)(F)F)cc2)C3=O)n1. The van der Waals surface area contributed by atoms with Gasteiger partial charge in [-0.25, -0.2) is 0 Å². The van der Waals surface area contributed by atoms with Crippen molar-refractivity contribution in [3.63, 3.8) is 0 Å². The highest BCUT2D eigenvalue weighted by Crippen LogP contribution is 2.32. The second-order valence-electron chi connectivity index (χ2n) is 7.45. The summed E-state index contributed by atoms with van der Waals surface area (Å²) >= 11 is 0. The molecule has 0 N–H and O–H groups in total. The fourth-order valence-electron chi connectivity index (χ4n) is 3.69. The normalized spacial score (nSPS) is 13.6. The van der Waals surface area contributed by atoms with Gasteiger partial charge in [0.15, 0.2) is 5.82 Å². The molecular formula is C22H20F3N3O3. The zero-order chi connectivity index (χ0) is 22.2. The molecule has 1 aliphatic heterocycles. The molecule has 1 aliphatic rings. The van der Waals surface area contributed by atoms with Gasteiger partial charge in [0, 0.05) is 30.6 Å². The van der Waals surface area contributed by atoms with E-state index in [4.69, 9.17) is 4.52 Å². The summed E-state index contributed by atoms with van der Waals surface area (Å²) < 4.78 is 46.2. The first-order valence-corrected chi connectivity index (χ1v) is 9.84. The third-order valence-corrected chi connectivity index (χ3v) is 5.00. The molecule has 1 amide bonds. The van der Waals surface area contributed by atoms with Crippen LogP contribution in [0.4, 0.5) is 13.2 Å². The van der Waals surface area contributed by atoms with Crippen LogP contribution in [-0.2, 0) is 19.5 Å². The molecule has 0 saturated carbocycles. The van der Waals surface area contributed by atoms with Crippen molar-refractivity contribution >= 4 is 5.91 Å². The zero-order valence-electron chi connectivity index (χ0n) is 17.0. The first-order valence-electron chi connectivity index (χ1n) is 9.84. The minimum absolute atomic E-state index is 0.119. The number of hydrogen-bond donors (Lipinski definition) is 0. The van der Waals surface area contributed by atoms with Crippen LogP contribution in [0.3, 0.4) is 0 Å². The van der Waals surface area contributed by atoms with Crippen molar-refractivity contribution in [3.8, 4) is 17.2 Å². The number of amides is 1. The van der Waals surface area contributed by atoms with E-state index in [1.165, 1.54) is 24.3 Å². The maximum absolute atomic E-state index is 12.9. The second-order valence-corrected chi connectivity index (χ2v) is 7.45. The van der Waals surface area contributed by atoms with Crippen molar-refractivity contribution in [2.75, 3.05) is 0 Å². The predicted molar refractivity (Wildman–Crippen MR) is 105 cm³/mol. The largest absolute Gasteiger partial charge is 0.573 e. The molecule has 0 radical (unpaired) electrons. The van der Waals surface area contributed by atoms with Gasteiger partial charge in [-0.15, -0.1) is 13.2 Å². The summed E-state index contributed by atoms with van der Waals surface area (Å²) in [6.07, 6.45) is -3.10. The predicted octanol–water partition coefficient (Wildman–Crippen LogP) is 5.05. The van der Waals surface area contributed by atoms with Crippen molar-refractivity contribution in [2.45, 2.75) is 46.1 Å². The Morgan fingerprint density at radius 3 is 2.61 bits per heavy atom. The quantitative estimate of drug-likeness (QED) is 0.546. The van der Waals surface area contributed by atoms with E-state index in [1.807, 2.05) is 26.0 Å². The lowest BCUT2D eigenvalue weighted by atomic mass is 10.0. The first-order chi connectivity index (χ1) is 14.7. The zero-order valence-corrected chi connectivity index (χ0v) is 17.0. The van der Waals surface area contributed by atoms with Crippen molar-refractivity contribution in [1.82, 2.24) is 15.0 Å². The lowest BCUT2D eigenvalue weighted by molar-refractivity contribution is -0.274. The highest BCUT2D eigenvalue weighted by atomic mass is 19.4. The number of rotatable bonds is 6. The molecule has 0 spiro atoms. The van der Waals surface area contributed by atoms with Crippen molar-refractivity contribution in [1.29, 1.82) is 0 Å². The average Bonchev–Trinajstić information content (AvgIpc) is 3.28. The maximum atomic E-state index is 12.9. The van der Waals surface area contributed by atoms with Crippen LogP contribution in [0.15, 0.2) is 40.9 Å². The van der Waals surface area contributed by atoms with E-state index in [2.05, 4.69) is 14.9 Å². The Labute approximate surface area is 176 Å². The van der Waals surface area contributed by atoms with Crippen LogP contribution in [0, 0.1) is 6.92 Å². The minimum atomic E-state index is -4.74. The Morgan fingerprint density at radius 2 is 1.94 bits per heavy atom. The number of alkyl halides is 3. The molecular weight excluding hydrogens is 411 g/mol. The number of carbonyl (C=O) groups excluding carboxylic acids is 1. The molecule has 4 rings (SSSR count). The Kier molecular flexibility index (Phi) is 5.43. The summed E-state index contributed by atoms with van der Waals surface area (Å²) in [7, 11) is 0. The Hall–Kier alpha value is -3.36. The van der Waals surface area contributed by atoms with Crippen LogP contribution in [0.5, 0.6) is 5.75 Å². The molecule has 2 heterocycles. The minimum Gasteiger partial charge on any atom is -0.406 e. The van der Waals surface area contributed by atoms with E-state index in [9.17, 15) is 18.0 Å². The second kappa shape index (κ2) is 8.05. The summed E-state index contributed by atoms with van der Waals surface area (Å²) in [4.78, 5) is 19.0. The molecule has 162 valence electrons. The van der Waals surface area contributed by atoms with Gasteiger partial charge in [-0.1, -0.05) is 24.2 Å². The molecule has 0 bridgehead atoms. The van der Waals surface area contributed by atoms with Crippen LogP contribution in [0.2, 0.25) is 0 Å². The number of aryl methyl sites for hydroxylation is 2. The van der Waals surface area contributed by atoms with E-state index >= 15 is 0 Å². The Bertz CT molecular complexity index is 1110. The fourth-order valence-corrected chi connectivity index (χ4v) is 3.69. The number of halogens is 3. The summed E-state index contributed by atoms with van der Waals surface area (Å²) in [5, 5.41) is 3.98. The van der Waals surface area contributed by atoms with E-state index < -0.39 is 6.36 Å². The number of fused-ring (bicyclic) bond motifs is 1. The molecule has 0 atom stereocenters. The highest BCUT2D eigenvalue weighted by Gasteiger charge is 2.32. The molecule has 3 aromatic rings. The number of ether oxygens (including phenoxy) is 1. The third-order valence-electron chi connectivity index (χ3n) is 5.00. The Morgan fingerprint density at radius 1 is 1.19 bits per heavy atom. The van der Waals surface area contributed by atoms with Gasteiger partial charge in [-0.05, 0) is 54.3 Å². The standard InChI is InChI=1S/C22H20F3N3O3/c1-3-4-18-26-20(31-27-18)15-9-13(2)19-16(10-15)12-28(21(19)29)11-14-5-7-17(8-6-14)30-22(23,24)25/h5-10H,3-4,11-12H2,1-2H3. The van der Waals surface area contributed by atoms with Crippen LogP contribution in [0.1, 0.15) is 46.2 Å². The molecule has 2 aromatic carbocycles. The van der Waals surface area contributed by atoms with Gasteiger partial charge in [0.2, 0.25) is 0 Å². The smallest absolute Gasteiger partial charge is 0.406 e. The van der Waals surface area contributed by atoms with Gasteiger partial charge < -0.3 is 14.2 Å². The summed E-state index contributed by atoms with van der Waals surface area (Å²) in [6.45, 7) is 4.55. The number of nitrogens with zero attached hydrogens (tertiary/aromatic N) is 3. The van der Waals surface area contributed by atoms with Gasteiger partial charge in [0.25, 0.3) is 11.8 Å². The van der Waals surface area contributed by atoms with Crippen LogP contribution >= 0.6 is 0 Å². The summed E-state index contributed by atoms with van der Waals surface area (Å²) in [5.41, 5.74) is 3.76. The number of hydrogen-bond acceptors (Lipinski definition) is 5. The topological polar surface area (TPSA) is 68.5 Å². The molecule has 0 fully saturated rings. The van der Waals surface area contributed by atoms with Crippen LogP contribution in [0.25, 0.3) is 11.5 Å². The number of carbonyl (C=O) groups is 1. The van der Waals surface area contributed by atoms with Gasteiger partial charge in [0.1, 0.15) is 5.75 Å². The number of benzene rings is 2. The van der Waals surface area contributed by atoms with Crippen molar-refractivity contribution < 1.29 is 27.2 Å². The van der Waals surface area contributed by atoms with Crippen molar-refractivity contribution in [3.05, 3.63) is 64.5 Å². The molecule has 9 heteroatoms. The summed E-state index contributed by atoms with van der Waals surface area (Å²) in [6, 6.07) is 9.25. The Balaban J connectivity index is 1.51. The average molecular weight is 431 g/mol. The molecule has 31 heavy (non-hydrogen) atoms. The lowest BCUT2D eigenvalue weighted by Crippen LogP contribution is -2.23. The van der Waals surface area contributed by atoms with E-state index in [0.717, 1.165) is 29.5 Å². The van der Waals surface area contributed by atoms with Crippen LogP contribution in [-0.4, -0.2) is 27.3 Å². The van der Waals surface area contributed by atoms with E-state index in [0.29, 0.717) is 29.4 Å². The van der Waals surface area contributed by atoms with Gasteiger partial charge >= 0.3 is 6.36 Å². The third kappa shape index (κ3) is 4.55. The van der Waals surface area contributed by atoms with Gasteiger partial charge in [-0.2, -0.15) is 4.98 Å². The molecule has 6 nitrogen and oxygen atoms in total. The fraction of sp³-hybridized carbons (Fsp3) is 0.318. The van der Waals surface area contributed by atoms with Crippen LogP contribution < -0.4 is 4.74 Å². The molecule has 0 aliphatic carbocycles.